The van der Waals surface area contributed by atoms with Crippen LogP contribution in [0.3, 0.4) is 0 Å². The monoisotopic (exact) mass is 262 g/mol. The number of ether oxygens (including phenoxy) is 2. The fourth-order valence-electron chi connectivity index (χ4n) is 1.86. The van der Waals surface area contributed by atoms with Crippen molar-refractivity contribution in [3.8, 4) is 22.8 Å². The number of rotatable bonds is 1. The fraction of sp³-hybridized carbons (Fsp3) is 0.167. The van der Waals surface area contributed by atoms with Crippen LogP contribution < -0.4 is 20.9 Å². The van der Waals surface area contributed by atoms with Gasteiger partial charge in [-0.2, -0.15) is 4.98 Å². The molecule has 1 aliphatic rings. The first-order valence-corrected chi connectivity index (χ1v) is 5.63. The zero-order valence-electron chi connectivity index (χ0n) is 9.89. The Morgan fingerprint density at radius 1 is 1.05 bits per heavy atom. The van der Waals surface area contributed by atoms with Crippen molar-refractivity contribution in [2.45, 2.75) is 0 Å². The number of hydrogen-bond donors (Lipinski definition) is 2. The Balaban J connectivity index is 2.12. The minimum absolute atomic E-state index is 0.0435. The molecule has 0 radical (unpaired) electrons. The zero-order chi connectivity index (χ0) is 13.4. The quantitative estimate of drug-likeness (QED) is 0.802. The summed E-state index contributed by atoms with van der Waals surface area (Å²) in [5, 5.41) is 0. The van der Waals surface area contributed by atoms with E-state index in [-0.39, 0.29) is 17.5 Å². The van der Waals surface area contributed by atoms with Crippen LogP contribution in [0, 0.1) is 5.82 Å². The first-order valence-electron chi connectivity index (χ1n) is 5.63. The first-order chi connectivity index (χ1) is 9.15. The van der Waals surface area contributed by atoms with Gasteiger partial charge < -0.3 is 20.9 Å². The minimum atomic E-state index is -0.703. The molecular weight excluding hydrogens is 251 g/mol. The number of anilines is 2. The van der Waals surface area contributed by atoms with Crippen LogP contribution in [0.15, 0.2) is 18.2 Å². The van der Waals surface area contributed by atoms with E-state index in [2.05, 4.69) is 9.97 Å². The van der Waals surface area contributed by atoms with Crippen LogP contribution >= 0.6 is 0 Å². The van der Waals surface area contributed by atoms with E-state index in [9.17, 15) is 4.39 Å². The Bertz CT molecular complexity index is 648. The van der Waals surface area contributed by atoms with Gasteiger partial charge in [0, 0.05) is 5.56 Å². The van der Waals surface area contributed by atoms with Crippen LogP contribution in [0.1, 0.15) is 0 Å². The van der Waals surface area contributed by atoms with Crippen LogP contribution in [-0.4, -0.2) is 23.2 Å². The highest BCUT2D eigenvalue weighted by molar-refractivity contribution is 5.67. The van der Waals surface area contributed by atoms with E-state index in [1.54, 1.807) is 18.2 Å². The predicted molar refractivity (Wildman–Crippen MR) is 67.2 cm³/mol. The summed E-state index contributed by atoms with van der Waals surface area (Å²) in [6.45, 7) is 0.946. The van der Waals surface area contributed by atoms with Crippen molar-refractivity contribution in [3.05, 3.63) is 24.0 Å². The molecule has 0 unspecified atom stereocenters. The molecule has 98 valence electrons. The van der Waals surface area contributed by atoms with Crippen molar-refractivity contribution < 1.29 is 13.9 Å². The van der Waals surface area contributed by atoms with Gasteiger partial charge in [0.25, 0.3) is 0 Å². The first kappa shape index (κ1) is 11.5. The third kappa shape index (κ3) is 1.99. The third-order valence-electron chi connectivity index (χ3n) is 2.71. The highest BCUT2D eigenvalue weighted by atomic mass is 19.1. The van der Waals surface area contributed by atoms with E-state index >= 15 is 0 Å². The highest BCUT2D eigenvalue weighted by Crippen LogP contribution is 2.35. The molecule has 19 heavy (non-hydrogen) atoms. The molecule has 2 aromatic rings. The smallest absolute Gasteiger partial charge is 0.222 e. The van der Waals surface area contributed by atoms with Crippen molar-refractivity contribution in [1.82, 2.24) is 9.97 Å². The van der Waals surface area contributed by atoms with Gasteiger partial charge in [-0.1, -0.05) is 0 Å². The van der Waals surface area contributed by atoms with E-state index in [1.807, 2.05) is 0 Å². The molecule has 0 aliphatic carbocycles. The molecule has 7 heteroatoms. The molecule has 1 aliphatic heterocycles. The lowest BCUT2D eigenvalue weighted by molar-refractivity contribution is 0.171. The lowest BCUT2D eigenvalue weighted by Crippen LogP contribution is -2.15. The summed E-state index contributed by atoms with van der Waals surface area (Å²) < 4.78 is 24.7. The Hall–Kier alpha value is -2.57. The molecule has 0 spiro atoms. The molecular formula is C12H11FN4O2. The molecule has 0 atom stereocenters. The largest absolute Gasteiger partial charge is 0.486 e. The van der Waals surface area contributed by atoms with Gasteiger partial charge in [0.2, 0.25) is 5.95 Å². The fourth-order valence-corrected chi connectivity index (χ4v) is 1.86. The second-order valence-corrected chi connectivity index (χ2v) is 3.99. The van der Waals surface area contributed by atoms with Crippen LogP contribution in [-0.2, 0) is 0 Å². The number of benzene rings is 1. The molecule has 2 heterocycles. The normalized spacial score (nSPS) is 13.3. The van der Waals surface area contributed by atoms with Crippen LogP contribution in [0.2, 0.25) is 0 Å². The molecule has 6 nitrogen and oxygen atoms in total. The zero-order valence-corrected chi connectivity index (χ0v) is 9.89. The summed E-state index contributed by atoms with van der Waals surface area (Å²) in [6, 6.07) is 4.99. The number of nitrogens with zero attached hydrogens (tertiary/aromatic N) is 2. The van der Waals surface area contributed by atoms with E-state index in [0.29, 0.717) is 30.3 Å². The van der Waals surface area contributed by atoms with Crippen molar-refractivity contribution in [3.63, 3.8) is 0 Å². The second kappa shape index (κ2) is 4.27. The van der Waals surface area contributed by atoms with Crippen molar-refractivity contribution >= 4 is 11.8 Å². The van der Waals surface area contributed by atoms with Crippen LogP contribution in [0.25, 0.3) is 11.3 Å². The molecule has 0 saturated carbocycles. The van der Waals surface area contributed by atoms with E-state index in [0.717, 1.165) is 0 Å². The lowest BCUT2D eigenvalue weighted by atomic mass is 10.1. The van der Waals surface area contributed by atoms with Crippen molar-refractivity contribution in [2.24, 2.45) is 0 Å². The molecule has 3 rings (SSSR count). The maximum absolute atomic E-state index is 13.9. The SMILES string of the molecule is Nc1nc(N)c(F)c(-c2ccc3c(c2)OCCO3)n1. The van der Waals surface area contributed by atoms with Gasteiger partial charge in [-0.25, -0.2) is 9.37 Å². The topological polar surface area (TPSA) is 96.3 Å². The van der Waals surface area contributed by atoms with E-state index in [4.69, 9.17) is 20.9 Å². The molecule has 0 saturated heterocycles. The Morgan fingerprint density at radius 3 is 2.58 bits per heavy atom. The number of aromatic nitrogens is 2. The van der Waals surface area contributed by atoms with Gasteiger partial charge in [0.15, 0.2) is 23.1 Å². The number of fused-ring (bicyclic) bond motifs is 1. The summed E-state index contributed by atoms with van der Waals surface area (Å²) in [7, 11) is 0. The summed E-state index contributed by atoms with van der Waals surface area (Å²) in [5.41, 5.74) is 11.5. The van der Waals surface area contributed by atoms with Crippen molar-refractivity contribution in [2.75, 3.05) is 24.7 Å². The summed E-state index contributed by atoms with van der Waals surface area (Å²) in [6.07, 6.45) is 0. The van der Waals surface area contributed by atoms with Gasteiger partial charge in [0.1, 0.15) is 18.9 Å². The molecule has 1 aromatic heterocycles. The van der Waals surface area contributed by atoms with Gasteiger partial charge in [0.05, 0.1) is 0 Å². The Morgan fingerprint density at radius 2 is 1.79 bits per heavy atom. The summed E-state index contributed by atoms with van der Waals surface area (Å²) in [4.78, 5) is 7.43. The van der Waals surface area contributed by atoms with Gasteiger partial charge in [-0.05, 0) is 18.2 Å². The highest BCUT2D eigenvalue weighted by Gasteiger charge is 2.17. The molecule has 0 bridgehead atoms. The summed E-state index contributed by atoms with van der Waals surface area (Å²) in [5.74, 6) is 0.0939. The van der Waals surface area contributed by atoms with Gasteiger partial charge in [-0.3, -0.25) is 0 Å². The van der Waals surface area contributed by atoms with Crippen LogP contribution in [0.4, 0.5) is 16.2 Å². The minimum Gasteiger partial charge on any atom is -0.486 e. The Kier molecular flexibility index (Phi) is 2.59. The number of halogens is 1. The van der Waals surface area contributed by atoms with E-state index in [1.165, 1.54) is 0 Å². The molecule has 4 N–H and O–H groups in total. The summed E-state index contributed by atoms with van der Waals surface area (Å²) >= 11 is 0. The van der Waals surface area contributed by atoms with Gasteiger partial charge in [-0.15, -0.1) is 0 Å². The van der Waals surface area contributed by atoms with Crippen molar-refractivity contribution in [1.29, 1.82) is 0 Å². The maximum Gasteiger partial charge on any atom is 0.222 e. The number of nitrogens with two attached hydrogens (primary N) is 2. The molecule has 0 amide bonds. The number of nitrogen functional groups attached to an aromatic ring is 2. The average Bonchev–Trinajstić information content (AvgIpc) is 2.42. The Labute approximate surface area is 108 Å². The molecule has 1 aromatic carbocycles. The number of hydrogen-bond acceptors (Lipinski definition) is 6. The van der Waals surface area contributed by atoms with Crippen LogP contribution in [0.5, 0.6) is 11.5 Å². The molecule has 0 fully saturated rings. The van der Waals surface area contributed by atoms with Gasteiger partial charge >= 0.3 is 0 Å². The average molecular weight is 262 g/mol. The standard InChI is InChI=1S/C12H11FN4O2/c13-9-10(16-12(15)17-11(9)14)6-1-2-7-8(5-6)19-4-3-18-7/h1-2,5H,3-4H2,(H4,14,15,16,17). The maximum atomic E-state index is 13.9. The third-order valence-corrected chi connectivity index (χ3v) is 2.71. The lowest BCUT2D eigenvalue weighted by Gasteiger charge is -2.18. The predicted octanol–water partition coefficient (Wildman–Crippen LogP) is 1.22. The second-order valence-electron chi connectivity index (χ2n) is 3.99. The van der Waals surface area contributed by atoms with E-state index < -0.39 is 5.82 Å².